The van der Waals surface area contributed by atoms with Crippen LogP contribution in [0.2, 0.25) is 5.02 Å². The van der Waals surface area contributed by atoms with Crippen LogP contribution >= 0.6 is 11.6 Å². The largest absolute Gasteiger partial charge is 0.371 e. The second-order valence-corrected chi connectivity index (χ2v) is 14.4. The van der Waals surface area contributed by atoms with Crippen LogP contribution in [-0.4, -0.2) is 49.4 Å². The molecule has 6 N–H and O–H groups in total. The van der Waals surface area contributed by atoms with Gasteiger partial charge in [-0.25, -0.2) is 39.6 Å². The fourth-order valence-electron chi connectivity index (χ4n) is 6.96. The molecule has 0 saturated carbocycles. The maximum Gasteiger partial charge on any atom is 0.266 e. The van der Waals surface area contributed by atoms with Crippen molar-refractivity contribution in [3.05, 3.63) is 164 Å². The lowest BCUT2D eigenvalue weighted by molar-refractivity contribution is 0.415. The van der Waals surface area contributed by atoms with Crippen LogP contribution in [0.3, 0.4) is 0 Å². The van der Waals surface area contributed by atoms with Gasteiger partial charge in [-0.3, -0.25) is 18.7 Å². The normalized spacial score (nSPS) is 11.8. The Morgan fingerprint density at radius 2 is 1.17 bits per heavy atom. The van der Waals surface area contributed by atoms with Crippen LogP contribution in [0, 0.1) is 20.1 Å². The number of anilines is 4. The van der Waals surface area contributed by atoms with Crippen LogP contribution in [0.15, 0.2) is 117 Å². The fraction of sp³-hybridized carbons (Fsp3) is 0.116. The van der Waals surface area contributed by atoms with E-state index in [0.29, 0.717) is 55.6 Å². The maximum atomic E-state index is 14.0. The lowest BCUT2D eigenvalue weighted by Gasteiger charge is -2.21. The number of benzene rings is 2. The number of nitrogens with zero attached hydrogens (tertiary/aromatic N) is 12. The van der Waals surface area contributed by atoms with Crippen molar-refractivity contribution >= 4 is 68.1 Å². The molecule has 0 aliphatic rings. The molecule has 2 aromatic carbocycles. The zero-order valence-electron chi connectivity index (χ0n) is 33.9. The summed E-state index contributed by atoms with van der Waals surface area (Å²) in [5, 5.41) is 16.8. The van der Waals surface area contributed by atoms with Crippen LogP contribution in [0.1, 0.15) is 43.1 Å². The third-order valence-electron chi connectivity index (χ3n) is 9.91. The highest BCUT2D eigenvalue weighted by atomic mass is 35.5. The van der Waals surface area contributed by atoms with Gasteiger partial charge in [0.15, 0.2) is 11.6 Å². The first-order valence-corrected chi connectivity index (χ1v) is 19.5. The minimum Gasteiger partial charge on any atom is -0.371 e. The number of fused-ring (bicyclic) bond motifs is 2. The Morgan fingerprint density at radius 3 is 1.66 bits per heavy atom. The Morgan fingerprint density at radius 1 is 0.688 bits per heavy atom. The summed E-state index contributed by atoms with van der Waals surface area (Å²) in [6, 6.07) is 16.8. The van der Waals surface area contributed by atoms with E-state index in [9.17, 15) is 9.59 Å². The summed E-state index contributed by atoms with van der Waals surface area (Å²) in [5.41, 5.74) is 13.8. The van der Waals surface area contributed by atoms with E-state index in [1.54, 1.807) is 49.6 Å². The van der Waals surface area contributed by atoms with E-state index in [-0.39, 0.29) is 46.0 Å². The van der Waals surface area contributed by atoms with Gasteiger partial charge < -0.3 is 31.1 Å². The van der Waals surface area contributed by atoms with E-state index >= 15 is 0 Å². The van der Waals surface area contributed by atoms with Gasteiger partial charge in [-0.15, -0.1) is 0 Å². The number of hydrogen-bond acceptors (Lipinski definition) is 16. The van der Waals surface area contributed by atoms with Gasteiger partial charge in [-0.05, 0) is 55.3 Å². The SMILES string of the molecule is [C-]#[N+]c1cnc(N)nc1N[C@@H](C)c1cc2cccc(-c3cnc(C)nc3)c2c(=O)n1-c1ccon1.[C-]#[N+]c1cnc(N)nc1N[C@@H](C)c1cc2cccc(Cl)c2c(=O)n1-c1ccon1. The van der Waals surface area contributed by atoms with Crippen molar-refractivity contribution < 1.29 is 9.05 Å². The summed E-state index contributed by atoms with van der Waals surface area (Å²) >= 11 is 6.28. The molecular weight excluding hydrogens is 840 g/mol. The Hall–Kier alpha value is -9.01. The zero-order chi connectivity index (χ0) is 45.1. The molecule has 0 fully saturated rings. The van der Waals surface area contributed by atoms with Gasteiger partial charge in [-0.1, -0.05) is 52.2 Å². The number of aromatic nitrogens is 10. The van der Waals surface area contributed by atoms with Crippen LogP contribution < -0.4 is 33.2 Å². The molecule has 2 atom stereocenters. The molecule has 64 heavy (non-hydrogen) atoms. The minimum absolute atomic E-state index is 0.0319. The molecule has 316 valence electrons. The van der Waals surface area contributed by atoms with E-state index in [2.05, 4.69) is 60.5 Å². The average molecular weight is 873 g/mol. The second kappa shape index (κ2) is 17.5. The summed E-state index contributed by atoms with van der Waals surface area (Å²) in [6.45, 7) is 20.2. The summed E-state index contributed by atoms with van der Waals surface area (Å²) in [7, 11) is 0. The lowest BCUT2D eigenvalue weighted by atomic mass is 9.99. The Kier molecular flexibility index (Phi) is 11.4. The van der Waals surface area contributed by atoms with Gasteiger partial charge in [0.1, 0.15) is 30.0 Å². The molecule has 20 nitrogen and oxygen atoms in total. The van der Waals surface area contributed by atoms with Crippen LogP contribution in [0.4, 0.5) is 34.9 Å². The Labute approximate surface area is 366 Å². The molecule has 7 aromatic heterocycles. The summed E-state index contributed by atoms with van der Waals surface area (Å²) in [6.07, 6.45) is 8.86. The number of nitrogens with two attached hydrogens (primary N) is 2. The number of hydrogen-bond donors (Lipinski definition) is 4. The molecule has 21 heteroatoms. The van der Waals surface area contributed by atoms with E-state index in [1.165, 1.54) is 34.1 Å². The van der Waals surface area contributed by atoms with Gasteiger partial charge in [0, 0.05) is 42.5 Å². The number of pyridine rings is 2. The molecular formula is C43H33ClN16O4. The zero-order valence-corrected chi connectivity index (χ0v) is 34.7. The van der Waals surface area contributed by atoms with Gasteiger partial charge >= 0.3 is 0 Å². The number of aryl methyl sites for hydroxylation is 1. The Bertz CT molecular complexity index is 3400. The number of nitrogen functional groups attached to an aromatic ring is 2. The van der Waals surface area contributed by atoms with Gasteiger partial charge in [0.05, 0.1) is 52.4 Å². The van der Waals surface area contributed by atoms with Crippen molar-refractivity contribution in [2.24, 2.45) is 0 Å². The number of halogens is 1. The first-order chi connectivity index (χ1) is 30.9. The lowest BCUT2D eigenvalue weighted by Crippen LogP contribution is -2.26. The first kappa shape index (κ1) is 41.7. The minimum atomic E-state index is -0.468. The van der Waals surface area contributed by atoms with Crippen molar-refractivity contribution in [3.63, 3.8) is 0 Å². The number of nitrogens with one attached hydrogen (secondary N) is 2. The highest BCUT2D eigenvalue weighted by Crippen LogP contribution is 2.32. The molecule has 0 bridgehead atoms. The highest BCUT2D eigenvalue weighted by Gasteiger charge is 2.23. The molecule has 7 heterocycles. The summed E-state index contributed by atoms with van der Waals surface area (Å²) in [4.78, 5) is 58.6. The number of rotatable bonds is 9. The van der Waals surface area contributed by atoms with Crippen molar-refractivity contribution in [2.75, 3.05) is 22.1 Å². The van der Waals surface area contributed by atoms with Crippen LogP contribution in [-0.2, 0) is 0 Å². The van der Waals surface area contributed by atoms with Crippen molar-refractivity contribution in [1.82, 2.24) is 49.4 Å². The summed E-state index contributed by atoms with van der Waals surface area (Å²) < 4.78 is 12.9. The van der Waals surface area contributed by atoms with Crippen molar-refractivity contribution in [3.8, 4) is 22.8 Å². The molecule has 0 spiro atoms. The molecule has 0 aliphatic carbocycles. The van der Waals surface area contributed by atoms with Gasteiger partial charge in [0.25, 0.3) is 11.1 Å². The topological polar surface area (TPSA) is 258 Å². The molecule has 0 aliphatic heterocycles. The maximum absolute atomic E-state index is 14.0. The van der Waals surface area contributed by atoms with E-state index in [4.69, 9.17) is 45.3 Å². The fourth-order valence-corrected chi connectivity index (χ4v) is 7.22. The Balaban J connectivity index is 0.000000178. The smallest absolute Gasteiger partial charge is 0.266 e. The first-order valence-electron chi connectivity index (χ1n) is 19.1. The predicted molar refractivity (Wildman–Crippen MR) is 239 cm³/mol. The van der Waals surface area contributed by atoms with Crippen molar-refractivity contribution in [2.45, 2.75) is 32.9 Å². The quantitative estimate of drug-likeness (QED) is 0.102. The van der Waals surface area contributed by atoms with Gasteiger partial charge in [-0.2, -0.15) is 0 Å². The highest BCUT2D eigenvalue weighted by molar-refractivity contribution is 6.35. The van der Waals surface area contributed by atoms with E-state index < -0.39 is 12.1 Å². The monoisotopic (exact) mass is 872 g/mol. The van der Waals surface area contributed by atoms with E-state index in [1.807, 2.05) is 44.2 Å². The third kappa shape index (κ3) is 8.10. The van der Waals surface area contributed by atoms with E-state index in [0.717, 1.165) is 10.9 Å². The standard InChI is InChI=1S/C24H19N9O2.C19H14ClN7O2/c1-13(30-22-18(26-3)12-29-24(25)31-22)19-9-15-5-4-6-17(16-10-27-14(2)28-11-16)21(15)23(34)33(19)20-7-8-35-32-20;1-10(24-17-13(22-2)9-23-19(21)25-17)14-8-11-4-3-5-12(20)16(11)18(28)27(14)15-6-7-29-26-15/h4-13H,1-2H3,(H3,25,29,30,31);3-10H,1H3,(H3,21,23,24,25)/t13-;10-/m00/s1. The predicted octanol–water partition coefficient (Wildman–Crippen LogP) is 7.57. The summed E-state index contributed by atoms with van der Waals surface area (Å²) in [5.74, 6) is 1.88. The average Bonchev–Trinajstić information content (AvgIpc) is 4.03. The van der Waals surface area contributed by atoms with Crippen LogP contribution in [0.25, 0.3) is 54.0 Å². The molecule has 0 unspecified atom stereocenters. The van der Waals surface area contributed by atoms with Gasteiger partial charge in [0.2, 0.25) is 23.3 Å². The molecule has 0 radical (unpaired) electrons. The molecule has 0 saturated heterocycles. The molecule has 0 amide bonds. The second-order valence-electron chi connectivity index (χ2n) is 14.0. The molecule has 9 rings (SSSR count). The molecule has 9 aromatic rings. The third-order valence-corrected chi connectivity index (χ3v) is 10.2. The van der Waals surface area contributed by atoms with Crippen molar-refractivity contribution in [1.29, 1.82) is 0 Å². The van der Waals surface area contributed by atoms with Crippen LogP contribution in [0.5, 0.6) is 0 Å².